The molecule has 1 rings (SSSR count). The minimum Gasteiger partial charge on any atom is -0.465 e. The quantitative estimate of drug-likeness (QED) is 0.598. The van der Waals surface area contributed by atoms with Crippen LogP contribution in [0.2, 0.25) is 0 Å². The van der Waals surface area contributed by atoms with E-state index in [1.165, 1.54) is 13.2 Å². The van der Waals surface area contributed by atoms with Crippen molar-refractivity contribution in [3.63, 3.8) is 0 Å². The molecule has 0 aromatic heterocycles. The number of hydrogen-bond donors (Lipinski definition) is 2. The monoisotopic (exact) mass is 290 g/mol. The lowest BCUT2D eigenvalue weighted by Crippen LogP contribution is -2.27. The molecule has 0 saturated heterocycles. The van der Waals surface area contributed by atoms with Gasteiger partial charge in [-0.05, 0) is 23.8 Å². The van der Waals surface area contributed by atoms with Crippen molar-refractivity contribution in [2.45, 2.75) is 6.42 Å². The summed E-state index contributed by atoms with van der Waals surface area (Å²) in [4.78, 5) is 33.7. The second kappa shape index (κ2) is 8.52. The normalized spacial score (nSPS) is 10.2. The zero-order valence-corrected chi connectivity index (χ0v) is 12.0. The summed E-state index contributed by atoms with van der Waals surface area (Å²) >= 11 is 0. The topological polar surface area (TPSA) is 84.5 Å². The first-order valence-electron chi connectivity index (χ1n) is 6.41. The van der Waals surface area contributed by atoms with E-state index < -0.39 is 5.97 Å². The van der Waals surface area contributed by atoms with E-state index >= 15 is 0 Å². The van der Waals surface area contributed by atoms with Gasteiger partial charge in [0.1, 0.15) is 0 Å². The van der Waals surface area contributed by atoms with Crippen molar-refractivity contribution in [1.82, 2.24) is 10.6 Å². The Labute approximate surface area is 123 Å². The molecule has 0 heterocycles. The number of benzene rings is 1. The molecule has 6 heteroatoms. The number of rotatable bonds is 6. The summed E-state index contributed by atoms with van der Waals surface area (Å²) in [6.45, 7) is 0.282. The van der Waals surface area contributed by atoms with Gasteiger partial charge in [0.05, 0.1) is 12.7 Å². The highest BCUT2D eigenvalue weighted by Crippen LogP contribution is 2.07. The SMILES string of the molecule is CNC(=O)CCNC(=O)C=Cc1ccc(C(=O)OC)cc1. The van der Waals surface area contributed by atoms with Crippen LogP contribution in [0.1, 0.15) is 22.3 Å². The Hall–Kier alpha value is -2.63. The van der Waals surface area contributed by atoms with E-state index in [2.05, 4.69) is 15.4 Å². The maximum Gasteiger partial charge on any atom is 0.337 e. The molecule has 0 radical (unpaired) electrons. The molecule has 6 nitrogen and oxygen atoms in total. The second-order valence-corrected chi connectivity index (χ2v) is 4.16. The smallest absolute Gasteiger partial charge is 0.337 e. The van der Waals surface area contributed by atoms with E-state index in [1.807, 2.05) is 0 Å². The third kappa shape index (κ3) is 5.90. The van der Waals surface area contributed by atoms with Crippen molar-refractivity contribution >= 4 is 23.9 Å². The van der Waals surface area contributed by atoms with Crippen LogP contribution in [0.4, 0.5) is 0 Å². The number of esters is 1. The van der Waals surface area contributed by atoms with Gasteiger partial charge in [-0.15, -0.1) is 0 Å². The van der Waals surface area contributed by atoms with Crippen molar-refractivity contribution in [3.05, 3.63) is 41.5 Å². The Morgan fingerprint density at radius 1 is 1.19 bits per heavy atom. The van der Waals surface area contributed by atoms with Gasteiger partial charge in [0.25, 0.3) is 0 Å². The van der Waals surface area contributed by atoms with Gasteiger partial charge in [-0.25, -0.2) is 4.79 Å². The molecule has 0 fully saturated rings. The summed E-state index contributed by atoms with van der Waals surface area (Å²) in [7, 11) is 2.86. The fourth-order valence-corrected chi connectivity index (χ4v) is 1.50. The van der Waals surface area contributed by atoms with Gasteiger partial charge in [-0.2, -0.15) is 0 Å². The van der Waals surface area contributed by atoms with Gasteiger partial charge >= 0.3 is 5.97 Å². The molecule has 0 bridgehead atoms. The number of carbonyl (C=O) groups excluding carboxylic acids is 3. The Kier molecular flexibility index (Phi) is 6.67. The third-order valence-corrected chi connectivity index (χ3v) is 2.69. The van der Waals surface area contributed by atoms with Crippen LogP contribution < -0.4 is 10.6 Å². The van der Waals surface area contributed by atoms with Gasteiger partial charge in [0.2, 0.25) is 11.8 Å². The Morgan fingerprint density at radius 2 is 1.86 bits per heavy atom. The molecule has 0 saturated carbocycles. The lowest BCUT2D eigenvalue weighted by atomic mass is 10.1. The van der Waals surface area contributed by atoms with Crippen LogP contribution in [0, 0.1) is 0 Å². The highest BCUT2D eigenvalue weighted by molar-refractivity contribution is 5.92. The standard InChI is InChI=1S/C15H18N2O4/c1-16-13(18)9-10-17-14(19)8-5-11-3-6-12(7-4-11)15(20)21-2/h3-8H,9-10H2,1-2H3,(H,16,18)(H,17,19). The number of carbonyl (C=O) groups is 3. The predicted octanol–water partition coefficient (Wildman–Crippen LogP) is 0.739. The van der Waals surface area contributed by atoms with Gasteiger partial charge < -0.3 is 15.4 Å². The lowest BCUT2D eigenvalue weighted by molar-refractivity contribution is -0.120. The summed E-state index contributed by atoms with van der Waals surface area (Å²) in [5.41, 5.74) is 1.23. The maximum atomic E-state index is 11.5. The molecule has 0 unspecified atom stereocenters. The van der Waals surface area contributed by atoms with Gasteiger partial charge in [0.15, 0.2) is 0 Å². The van der Waals surface area contributed by atoms with E-state index in [9.17, 15) is 14.4 Å². The number of ether oxygens (including phenoxy) is 1. The van der Waals surface area contributed by atoms with E-state index in [4.69, 9.17) is 0 Å². The summed E-state index contributed by atoms with van der Waals surface area (Å²) in [6, 6.07) is 6.66. The molecule has 112 valence electrons. The van der Waals surface area contributed by atoms with Crippen LogP contribution >= 0.6 is 0 Å². The molecule has 0 spiro atoms. The molecule has 21 heavy (non-hydrogen) atoms. The van der Waals surface area contributed by atoms with E-state index in [-0.39, 0.29) is 24.8 Å². The van der Waals surface area contributed by atoms with Crippen molar-refractivity contribution in [2.75, 3.05) is 20.7 Å². The highest BCUT2D eigenvalue weighted by atomic mass is 16.5. The van der Waals surface area contributed by atoms with Crippen LogP contribution in [0.3, 0.4) is 0 Å². The molecule has 2 amide bonds. The van der Waals surface area contributed by atoms with E-state index in [0.717, 1.165) is 5.56 Å². The molecule has 1 aromatic carbocycles. The molecule has 0 atom stereocenters. The Morgan fingerprint density at radius 3 is 2.43 bits per heavy atom. The van der Waals surface area contributed by atoms with Gasteiger partial charge in [-0.3, -0.25) is 9.59 Å². The fraction of sp³-hybridized carbons (Fsp3) is 0.267. The first kappa shape index (κ1) is 16.4. The predicted molar refractivity (Wildman–Crippen MR) is 78.5 cm³/mol. The zero-order valence-electron chi connectivity index (χ0n) is 12.0. The average molecular weight is 290 g/mol. The van der Waals surface area contributed by atoms with Crippen LogP contribution in [0.15, 0.2) is 30.3 Å². The largest absolute Gasteiger partial charge is 0.465 e. The fourth-order valence-electron chi connectivity index (χ4n) is 1.50. The molecule has 0 aliphatic rings. The molecular weight excluding hydrogens is 272 g/mol. The van der Waals surface area contributed by atoms with Gasteiger partial charge in [-0.1, -0.05) is 12.1 Å². The first-order valence-corrected chi connectivity index (χ1v) is 6.41. The molecular formula is C15H18N2O4. The average Bonchev–Trinajstić information content (AvgIpc) is 2.52. The van der Waals surface area contributed by atoms with E-state index in [1.54, 1.807) is 37.4 Å². The number of hydrogen-bond acceptors (Lipinski definition) is 4. The Bertz CT molecular complexity index is 535. The molecule has 0 aliphatic carbocycles. The summed E-state index contributed by atoms with van der Waals surface area (Å²) in [5.74, 6) is -0.814. The molecule has 2 N–H and O–H groups in total. The van der Waals surface area contributed by atoms with Crippen LogP contribution in [-0.2, 0) is 14.3 Å². The van der Waals surface area contributed by atoms with E-state index in [0.29, 0.717) is 5.56 Å². The minimum atomic E-state index is -0.405. The Balaban J connectivity index is 2.47. The molecule has 1 aromatic rings. The van der Waals surface area contributed by atoms with Crippen LogP contribution in [0.25, 0.3) is 6.08 Å². The lowest BCUT2D eigenvalue weighted by Gasteiger charge is -2.01. The van der Waals surface area contributed by atoms with Crippen molar-refractivity contribution in [1.29, 1.82) is 0 Å². The third-order valence-electron chi connectivity index (χ3n) is 2.69. The zero-order chi connectivity index (χ0) is 15.7. The van der Waals surface area contributed by atoms with Crippen molar-refractivity contribution < 1.29 is 19.1 Å². The molecule has 0 aliphatic heterocycles. The number of nitrogens with one attached hydrogen (secondary N) is 2. The maximum absolute atomic E-state index is 11.5. The summed E-state index contributed by atoms with van der Waals surface area (Å²) in [6.07, 6.45) is 3.23. The minimum absolute atomic E-state index is 0.127. The van der Waals surface area contributed by atoms with Crippen molar-refractivity contribution in [2.24, 2.45) is 0 Å². The van der Waals surface area contributed by atoms with Crippen LogP contribution in [0.5, 0.6) is 0 Å². The number of amides is 2. The van der Waals surface area contributed by atoms with Gasteiger partial charge in [0, 0.05) is 26.1 Å². The number of methoxy groups -OCH3 is 1. The summed E-state index contributed by atoms with van der Waals surface area (Å²) < 4.78 is 4.59. The second-order valence-electron chi connectivity index (χ2n) is 4.16. The summed E-state index contributed by atoms with van der Waals surface area (Å²) in [5, 5.41) is 5.07. The van der Waals surface area contributed by atoms with Crippen molar-refractivity contribution in [3.8, 4) is 0 Å². The van der Waals surface area contributed by atoms with Crippen LogP contribution in [-0.4, -0.2) is 38.5 Å². The highest BCUT2D eigenvalue weighted by Gasteiger charge is 2.03. The first-order chi connectivity index (χ1) is 10.1.